The number of carbonyl (C=O) groups excluding carboxylic acids is 1. The normalized spacial score (nSPS) is 17.0. The molecule has 2 aromatic carbocycles. The number of hydrogen-bond acceptors (Lipinski definition) is 2. The molecule has 0 unspecified atom stereocenters. The molecule has 0 aliphatic carbocycles. The first-order valence-electron chi connectivity index (χ1n) is 10.2. The first kappa shape index (κ1) is 19.6. The lowest BCUT2D eigenvalue weighted by Gasteiger charge is -2.32. The maximum Gasteiger partial charge on any atom is 0.223 e. The van der Waals surface area contributed by atoms with Crippen LogP contribution in [0, 0.1) is 11.8 Å². The van der Waals surface area contributed by atoms with Gasteiger partial charge >= 0.3 is 0 Å². The zero-order valence-corrected chi connectivity index (χ0v) is 16.6. The summed E-state index contributed by atoms with van der Waals surface area (Å²) in [5, 5.41) is 3.34. The summed E-state index contributed by atoms with van der Waals surface area (Å²) in [5.41, 5.74) is 2.56. The van der Waals surface area contributed by atoms with Crippen LogP contribution < -0.4 is 5.32 Å². The average Bonchev–Trinajstić information content (AvgIpc) is 2.69. The van der Waals surface area contributed by atoms with E-state index in [2.05, 4.69) is 78.7 Å². The van der Waals surface area contributed by atoms with Crippen LogP contribution in [-0.2, 0) is 11.3 Å². The predicted molar refractivity (Wildman–Crippen MR) is 111 cm³/mol. The number of nitrogens with zero attached hydrogens (tertiary/aromatic N) is 1. The topological polar surface area (TPSA) is 32.3 Å². The molecular weight excluding hydrogens is 332 g/mol. The van der Waals surface area contributed by atoms with Gasteiger partial charge in [-0.2, -0.15) is 0 Å². The van der Waals surface area contributed by atoms with E-state index in [1.807, 2.05) is 6.07 Å². The van der Waals surface area contributed by atoms with E-state index in [-0.39, 0.29) is 17.9 Å². The van der Waals surface area contributed by atoms with Crippen LogP contribution >= 0.6 is 0 Å². The van der Waals surface area contributed by atoms with Crippen LogP contribution in [0.3, 0.4) is 0 Å². The lowest BCUT2D eigenvalue weighted by atomic mass is 9.93. The van der Waals surface area contributed by atoms with Crippen molar-refractivity contribution in [3.8, 4) is 0 Å². The first-order valence-corrected chi connectivity index (χ1v) is 10.2. The van der Waals surface area contributed by atoms with Crippen molar-refractivity contribution in [3.63, 3.8) is 0 Å². The number of amides is 1. The number of benzene rings is 2. The van der Waals surface area contributed by atoms with E-state index in [0.717, 1.165) is 38.9 Å². The lowest BCUT2D eigenvalue weighted by Crippen LogP contribution is -2.41. The van der Waals surface area contributed by atoms with E-state index < -0.39 is 0 Å². The van der Waals surface area contributed by atoms with Gasteiger partial charge in [-0.3, -0.25) is 9.69 Å². The minimum Gasteiger partial charge on any atom is -0.349 e. The molecule has 1 amide bonds. The minimum atomic E-state index is 0.112. The van der Waals surface area contributed by atoms with Crippen molar-refractivity contribution >= 4 is 5.91 Å². The molecule has 1 heterocycles. The van der Waals surface area contributed by atoms with Gasteiger partial charge in [-0.15, -0.1) is 0 Å². The van der Waals surface area contributed by atoms with Gasteiger partial charge in [0, 0.05) is 12.5 Å². The van der Waals surface area contributed by atoms with Crippen molar-refractivity contribution in [2.45, 2.75) is 45.7 Å². The highest BCUT2D eigenvalue weighted by Gasteiger charge is 2.27. The van der Waals surface area contributed by atoms with Crippen LogP contribution in [0.25, 0.3) is 0 Å². The number of likely N-dealkylation sites (tertiary alicyclic amines) is 1. The van der Waals surface area contributed by atoms with Crippen LogP contribution in [0.4, 0.5) is 0 Å². The molecule has 3 nitrogen and oxygen atoms in total. The molecule has 2 aromatic rings. The molecule has 3 heteroatoms. The molecule has 0 spiro atoms. The minimum absolute atomic E-state index is 0.112. The summed E-state index contributed by atoms with van der Waals surface area (Å²) >= 11 is 0. The Morgan fingerprint density at radius 1 is 1.00 bits per heavy atom. The molecule has 144 valence electrons. The third-order valence-electron chi connectivity index (χ3n) is 5.43. The third kappa shape index (κ3) is 5.93. The smallest absolute Gasteiger partial charge is 0.223 e. The largest absolute Gasteiger partial charge is 0.349 e. The molecule has 1 atom stereocenters. The molecule has 1 N–H and O–H groups in total. The summed E-state index contributed by atoms with van der Waals surface area (Å²) in [5.74, 6) is 0.905. The van der Waals surface area contributed by atoms with E-state index >= 15 is 0 Å². The molecule has 1 aliphatic rings. The maximum absolute atomic E-state index is 12.9. The van der Waals surface area contributed by atoms with Gasteiger partial charge in [-0.1, -0.05) is 74.5 Å². The van der Waals surface area contributed by atoms with E-state index in [9.17, 15) is 4.79 Å². The number of hydrogen-bond donors (Lipinski definition) is 1. The van der Waals surface area contributed by atoms with Gasteiger partial charge in [-0.25, -0.2) is 0 Å². The van der Waals surface area contributed by atoms with Gasteiger partial charge in [0.15, 0.2) is 0 Å². The van der Waals surface area contributed by atoms with Crippen LogP contribution in [-0.4, -0.2) is 23.9 Å². The van der Waals surface area contributed by atoms with Gasteiger partial charge in [-0.05, 0) is 49.4 Å². The monoisotopic (exact) mass is 364 g/mol. The Kier molecular flexibility index (Phi) is 7.05. The number of nitrogens with one attached hydrogen (secondary N) is 1. The standard InChI is InChI=1S/C24H32N2O/c1-19(2)17-23(21-11-7-4-8-12-21)25-24(27)22-13-15-26(16-14-22)18-20-9-5-3-6-10-20/h3-12,19,22-23H,13-18H2,1-2H3,(H,25,27)/t23-/m0/s1. The highest BCUT2D eigenvalue weighted by Crippen LogP contribution is 2.24. The van der Waals surface area contributed by atoms with Gasteiger partial charge in [0.25, 0.3) is 0 Å². The summed E-state index contributed by atoms with van der Waals surface area (Å²) in [6, 6.07) is 21.1. The molecular formula is C24H32N2O. The molecule has 0 aromatic heterocycles. The zero-order valence-electron chi connectivity index (χ0n) is 16.6. The fourth-order valence-electron chi connectivity index (χ4n) is 3.92. The fourth-order valence-corrected chi connectivity index (χ4v) is 3.92. The summed E-state index contributed by atoms with van der Waals surface area (Å²) < 4.78 is 0. The molecule has 1 saturated heterocycles. The van der Waals surface area contributed by atoms with Crippen LogP contribution in [0.5, 0.6) is 0 Å². The first-order chi connectivity index (χ1) is 13.1. The van der Waals surface area contributed by atoms with Gasteiger partial charge in [0.1, 0.15) is 0 Å². The summed E-state index contributed by atoms with van der Waals surface area (Å²) in [6.45, 7) is 7.39. The Labute approximate surface area is 163 Å². The van der Waals surface area contributed by atoms with Crippen molar-refractivity contribution in [1.82, 2.24) is 10.2 Å². The predicted octanol–water partition coefficient (Wildman–Crippen LogP) is 4.80. The molecule has 27 heavy (non-hydrogen) atoms. The summed E-state index contributed by atoms with van der Waals surface area (Å²) in [7, 11) is 0. The van der Waals surface area contributed by atoms with E-state index in [1.54, 1.807) is 0 Å². The number of carbonyl (C=O) groups is 1. The number of rotatable bonds is 7. The Bertz CT molecular complexity index is 691. The summed E-state index contributed by atoms with van der Waals surface area (Å²) in [6.07, 6.45) is 2.87. The van der Waals surface area contributed by atoms with Gasteiger partial charge in [0.05, 0.1) is 6.04 Å². The quantitative estimate of drug-likeness (QED) is 0.765. The molecule has 3 rings (SSSR count). The second kappa shape index (κ2) is 9.70. The second-order valence-electron chi connectivity index (χ2n) is 8.14. The van der Waals surface area contributed by atoms with Crippen molar-refractivity contribution < 1.29 is 4.79 Å². The van der Waals surface area contributed by atoms with Gasteiger partial charge < -0.3 is 5.32 Å². The fraction of sp³-hybridized carbons (Fsp3) is 0.458. The lowest BCUT2D eigenvalue weighted by molar-refractivity contribution is -0.127. The van der Waals surface area contributed by atoms with E-state index in [4.69, 9.17) is 0 Å². The van der Waals surface area contributed by atoms with Crippen molar-refractivity contribution in [1.29, 1.82) is 0 Å². The highest BCUT2D eigenvalue weighted by atomic mass is 16.1. The Hall–Kier alpha value is -2.13. The third-order valence-corrected chi connectivity index (χ3v) is 5.43. The molecule has 0 radical (unpaired) electrons. The van der Waals surface area contributed by atoms with Crippen molar-refractivity contribution in [2.75, 3.05) is 13.1 Å². The second-order valence-corrected chi connectivity index (χ2v) is 8.14. The van der Waals surface area contributed by atoms with Crippen molar-refractivity contribution in [3.05, 3.63) is 71.8 Å². The molecule has 0 bridgehead atoms. The molecule has 0 saturated carbocycles. The van der Waals surface area contributed by atoms with Gasteiger partial charge in [0.2, 0.25) is 5.91 Å². The Morgan fingerprint density at radius 3 is 2.19 bits per heavy atom. The Balaban J connectivity index is 1.53. The Morgan fingerprint density at radius 2 is 1.59 bits per heavy atom. The molecule has 1 fully saturated rings. The number of piperidine rings is 1. The zero-order chi connectivity index (χ0) is 19.1. The average molecular weight is 365 g/mol. The SMILES string of the molecule is CC(C)C[C@H](NC(=O)C1CCN(Cc2ccccc2)CC1)c1ccccc1. The van der Waals surface area contributed by atoms with Crippen LogP contribution in [0.15, 0.2) is 60.7 Å². The van der Waals surface area contributed by atoms with Crippen molar-refractivity contribution in [2.24, 2.45) is 11.8 Å². The maximum atomic E-state index is 12.9. The van der Waals surface area contributed by atoms with Crippen LogP contribution in [0.1, 0.15) is 50.3 Å². The summed E-state index contributed by atoms with van der Waals surface area (Å²) in [4.78, 5) is 15.4. The molecule has 1 aliphatic heterocycles. The highest BCUT2D eigenvalue weighted by molar-refractivity contribution is 5.79. The van der Waals surface area contributed by atoms with Crippen LogP contribution in [0.2, 0.25) is 0 Å². The van der Waals surface area contributed by atoms with E-state index in [1.165, 1.54) is 11.1 Å². The van der Waals surface area contributed by atoms with E-state index in [0.29, 0.717) is 5.92 Å².